The van der Waals surface area contributed by atoms with E-state index in [0.717, 1.165) is 59.0 Å². The Morgan fingerprint density at radius 2 is 0.720 bits per heavy atom. The van der Waals surface area contributed by atoms with Gasteiger partial charge in [0.2, 0.25) is 0 Å². The second kappa shape index (κ2) is 23.5. The minimum absolute atomic E-state index is 0.0989. The molecule has 8 aromatic rings. The standard InChI is InChI=1S/C70H74N4S/c1-6-10-14-18-40-69(41-19-15-11-7-2)63-44-52(50-24-22-49(48-71)23-25-50)28-34-59(63)61-36-30-54(46-65(61)69)57-38-39-58(68-67(57)73-75-74-68)55-31-37-62-60-35-29-53(51-26-32-56(72-5)33-27-51)45-64(60)70(66(62)47-55,42-20-16-12-8-3)43-21-17-13-9-4/h22-39,44-47H,6-21,40-43H2,1-4H3. The molecule has 0 unspecified atom stereocenters. The minimum Gasteiger partial charge on any atom is -0.238 e. The molecule has 2 aliphatic rings. The van der Waals surface area contributed by atoms with Crippen LogP contribution < -0.4 is 0 Å². The van der Waals surface area contributed by atoms with Crippen molar-refractivity contribution in [1.29, 1.82) is 5.26 Å². The molecule has 0 saturated carbocycles. The summed E-state index contributed by atoms with van der Waals surface area (Å²) in [5.74, 6) is 0. The number of benzene rings is 7. The Bertz CT molecular complexity index is 3120. The molecule has 0 atom stereocenters. The van der Waals surface area contributed by atoms with Crippen molar-refractivity contribution in [3.63, 3.8) is 0 Å². The van der Waals surface area contributed by atoms with Crippen LogP contribution in [0.2, 0.25) is 0 Å². The molecule has 75 heavy (non-hydrogen) atoms. The Balaban J connectivity index is 1.07. The van der Waals surface area contributed by atoms with Crippen molar-refractivity contribution >= 4 is 28.4 Å². The van der Waals surface area contributed by atoms with E-state index in [4.69, 9.17) is 15.3 Å². The summed E-state index contributed by atoms with van der Waals surface area (Å²) in [6.45, 7) is 16.8. The molecule has 1 heterocycles. The van der Waals surface area contributed by atoms with E-state index < -0.39 is 0 Å². The molecule has 0 radical (unpaired) electrons. The number of fused-ring (bicyclic) bond motifs is 7. The summed E-state index contributed by atoms with van der Waals surface area (Å²) in [5, 5.41) is 9.59. The zero-order valence-electron chi connectivity index (χ0n) is 45.0. The first kappa shape index (κ1) is 51.8. The number of aromatic nitrogens is 2. The monoisotopic (exact) mass is 1000 g/mol. The lowest BCUT2D eigenvalue weighted by molar-refractivity contribution is 0.401. The summed E-state index contributed by atoms with van der Waals surface area (Å²) in [6.07, 6.45) is 24.2. The predicted octanol–water partition coefficient (Wildman–Crippen LogP) is 21.2. The Hall–Kier alpha value is -6.66. The first-order chi connectivity index (χ1) is 36.9. The van der Waals surface area contributed by atoms with Gasteiger partial charge in [-0.05, 0) is 140 Å². The third-order valence-corrected chi connectivity index (χ3v) is 17.8. The number of rotatable bonds is 24. The molecule has 1 aromatic heterocycles. The van der Waals surface area contributed by atoms with Gasteiger partial charge in [-0.2, -0.15) is 14.0 Å². The molecule has 5 heteroatoms. The molecule has 0 saturated heterocycles. The molecule has 0 spiro atoms. The van der Waals surface area contributed by atoms with Crippen LogP contribution in [0.5, 0.6) is 0 Å². The Kier molecular flexibility index (Phi) is 16.2. The Morgan fingerprint density at radius 3 is 1.07 bits per heavy atom. The van der Waals surface area contributed by atoms with Crippen molar-refractivity contribution in [2.45, 2.75) is 167 Å². The second-order valence-corrected chi connectivity index (χ2v) is 22.4. The third-order valence-electron chi connectivity index (χ3n) is 17.3. The lowest BCUT2D eigenvalue weighted by atomic mass is 9.69. The van der Waals surface area contributed by atoms with Gasteiger partial charge in [0.05, 0.1) is 29.9 Å². The van der Waals surface area contributed by atoms with E-state index in [1.165, 1.54) is 181 Å². The summed E-state index contributed by atoms with van der Waals surface area (Å²) >= 11 is 1.33. The predicted molar refractivity (Wildman–Crippen MR) is 318 cm³/mol. The van der Waals surface area contributed by atoms with Crippen LogP contribution in [-0.2, 0) is 10.8 Å². The van der Waals surface area contributed by atoms with Crippen molar-refractivity contribution in [3.05, 3.63) is 173 Å². The van der Waals surface area contributed by atoms with E-state index in [2.05, 4.69) is 148 Å². The van der Waals surface area contributed by atoms with Crippen LogP contribution in [-0.4, -0.2) is 8.75 Å². The van der Waals surface area contributed by atoms with Gasteiger partial charge in [-0.3, -0.25) is 0 Å². The van der Waals surface area contributed by atoms with Crippen LogP contribution in [0.3, 0.4) is 0 Å². The molecule has 10 rings (SSSR count). The minimum atomic E-state index is -0.102. The summed E-state index contributed by atoms with van der Waals surface area (Å²) in [5.41, 5.74) is 24.0. The molecule has 0 fully saturated rings. The molecule has 2 aliphatic carbocycles. The first-order valence-electron chi connectivity index (χ1n) is 28.7. The van der Waals surface area contributed by atoms with E-state index in [1.807, 2.05) is 24.3 Å². The second-order valence-electron chi connectivity index (χ2n) is 21.9. The van der Waals surface area contributed by atoms with Crippen LogP contribution in [0.15, 0.2) is 133 Å². The fraction of sp³-hybridized carbons (Fsp3) is 0.371. The highest BCUT2D eigenvalue weighted by Gasteiger charge is 2.44. The molecule has 4 nitrogen and oxygen atoms in total. The summed E-state index contributed by atoms with van der Waals surface area (Å²) in [7, 11) is 0. The summed E-state index contributed by atoms with van der Waals surface area (Å²) < 4.78 is 10.3. The zero-order valence-corrected chi connectivity index (χ0v) is 45.9. The van der Waals surface area contributed by atoms with Crippen LogP contribution >= 0.6 is 11.7 Å². The highest BCUT2D eigenvalue weighted by molar-refractivity contribution is 7.00. The van der Waals surface area contributed by atoms with Crippen LogP contribution in [0.1, 0.15) is 184 Å². The largest absolute Gasteiger partial charge is 0.238 e. The van der Waals surface area contributed by atoms with Gasteiger partial charge in [0.25, 0.3) is 0 Å². The molecule has 0 bridgehead atoms. The highest BCUT2D eigenvalue weighted by Crippen LogP contribution is 2.58. The van der Waals surface area contributed by atoms with Gasteiger partial charge in [-0.15, -0.1) is 0 Å². The number of nitriles is 1. The summed E-state index contributed by atoms with van der Waals surface area (Å²) in [4.78, 5) is 3.68. The Morgan fingerprint density at radius 1 is 0.400 bits per heavy atom. The van der Waals surface area contributed by atoms with Crippen LogP contribution in [0.4, 0.5) is 5.69 Å². The van der Waals surface area contributed by atoms with E-state index in [0.29, 0.717) is 11.3 Å². The van der Waals surface area contributed by atoms with Gasteiger partial charge < -0.3 is 0 Å². The van der Waals surface area contributed by atoms with Gasteiger partial charge >= 0.3 is 0 Å². The van der Waals surface area contributed by atoms with Gasteiger partial charge in [-0.1, -0.05) is 227 Å². The van der Waals surface area contributed by atoms with E-state index in [1.54, 1.807) is 0 Å². The average molecular weight is 1000 g/mol. The molecule has 0 amide bonds. The molecule has 0 N–H and O–H groups in total. The van der Waals surface area contributed by atoms with Crippen LogP contribution in [0, 0.1) is 17.9 Å². The number of hydrogen-bond donors (Lipinski definition) is 0. The molecular weight excluding hydrogens is 929 g/mol. The van der Waals surface area contributed by atoms with Crippen molar-refractivity contribution < 1.29 is 0 Å². The topological polar surface area (TPSA) is 53.9 Å². The number of unbranched alkanes of at least 4 members (excludes halogenated alkanes) is 12. The van der Waals surface area contributed by atoms with Gasteiger partial charge in [0, 0.05) is 22.0 Å². The lowest BCUT2D eigenvalue weighted by Gasteiger charge is -2.33. The maximum atomic E-state index is 9.59. The molecule has 380 valence electrons. The fourth-order valence-electron chi connectivity index (χ4n) is 13.2. The zero-order chi connectivity index (χ0) is 51.8. The first-order valence-corrected chi connectivity index (χ1v) is 29.5. The molecular formula is C70H74N4S. The molecule has 0 aliphatic heterocycles. The smallest absolute Gasteiger partial charge is 0.187 e. The van der Waals surface area contributed by atoms with E-state index >= 15 is 0 Å². The average Bonchev–Trinajstić information content (AvgIpc) is 4.16. The van der Waals surface area contributed by atoms with Gasteiger partial charge in [0.15, 0.2) is 5.69 Å². The molecule has 7 aromatic carbocycles. The number of nitrogens with zero attached hydrogens (tertiary/aromatic N) is 4. The van der Waals surface area contributed by atoms with Crippen molar-refractivity contribution in [3.8, 4) is 72.8 Å². The van der Waals surface area contributed by atoms with Crippen molar-refractivity contribution in [2.75, 3.05) is 0 Å². The van der Waals surface area contributed by atoms with Gasteiger partial charge in [0.1, 0.15) is 11.0 Å². The summed E-state index contributed by atoms with van der Waals surface area (Å²) in [6, 6.07) is 52.2. The van der Waals surface area contributed by atoms with Gasteiger partial charge in [-0.25, -0.2) is 4.85 Å². The SMILES string of the molecule is [C-]#[N+]c1ccc(-c2ccc3c(c2)C(CCCCCC)(CCCCCC)c2cc(-c4ccc(-c5ccc6c(c5)C(CCCCCC)(CCCCCC)c5cc(-c7ccc(C#N)cc7)ccc5-6)c5nsnc45)ccc2-3)cc1. The Labute approximate surface area is 452 Å². The lowest BCUT2D eigenvalue weighted by Crippen LogP contribution is -2.25. The third kappa shape index (κ3) is 10.1. The fourth-order valence-corrected chi connectivity index (χ4v) is 13.8. The van der Waals surface area contributed by atoms with Crippen LogP contribution in [0.25, 0.3) is 82.6 Å². The van der Waals surface area contributed by atoms with E-state index in [9.17, 15) is 5.26 Å². The normalized spacial score (nSPS) is 13.5. The van der Waals surface area contributed by atoms with Crippen molar-refractivity contribution in [2.24, 2.45) is 0 Å². The maximum absolute atomic E-state index is 9.59. The van der Waals surface area contributed by atoms with Crippen molar-refractivity contribution in [1.82, 2.24) is 8.75 Å². The quantitative estimate of drug-likeness (QED) is 0.0448. The van der Waals surface area contributed by atoms with E-state index in [-0.39, 0.29) is 10.8 Å². The maximum Gasteiger partial charge on any atom is 0.187 e. The number of hydrogen-bond acceptors (Lipinski definition) is 4. The highest BCUT2D eigenvalue weighted by atomic mass is 32.1.